The summed E-state index contributed by atoms with van der Waals surface area (Å²) in [7, 11) is 1.42. The van der Waals surface area contributed by atoms with E-state index in [-0.39, 0.29) is 17.3 Å². The van der Waals surface area contributed by atoms with Gasteiger partial charge >= 0.3 is 0 Å². The molecule has 0 N–H and O–H groups in total. The summed E-state index contributed by atoms with van der Waals surface area (Å²) in [6, 6.07) is 0. The Morgan fingerprint density at radius 2 is 0.733 bits per heavy atom. The van der Waals surface area contributed by atoms with Crippen molar-refractivity contribution in [1.29, 1.82) is 0 Å². The first kappa shape index (κ1) is 54.3. The topological polar surface area (TPSA) is 43.4 Å². The molecule has 0 saturated carbocycles. The molecular weight excluding hydrogens is 733 g/mol. The molecule has 0 fully saturated rings. The van der Waals surface area contributed by atoms with Gasteiger partial charge in [-0.3, -0.25) is 9.59 Å². The zero-order valence-corrected chi connectivity index (χ0v) is 40.8. The molecule has 0 amide bonds. The molecule has 0 aromatic rings. The highest BCUT2D eigenvalue weighted by Crippen LogP contribution is 2.21. The molecule has 0 atom stereocenters. The van der Waals surface area contributed by atoms with Crippen molar-refractivity contribution in [2.24, 2.45) is 5.92 Å². The molecular formula is C57H88O3. The fraction of sp³-hybridized carbons (Fsp3) is 0.579. The van der Waals surface area contributed by atoms with Crippen molar-refractivity contribution in [3.8, 4) is 0 Å². The molecule has 60 heavy (non-hydrogen) atoms. The third-order valence-electron chi connectivity index (χ3n) is 11.6. The van der Waals surface area contributed by atoms with E-state index >= 15 is 0 Å². The first-order chi connectivity index (χ1) is 28.6. The highest BCUT2D eigenvalue weighted by atomic mass is 16.5. The van der Waals surface area contributed by atoms with Crippen LogP contribution >= 0.6 is 0 Å². The predicted octanol–water partition coefficient (Wildman–Crippen LogP) is 17.6. The Hall–Kier alpha value is -3.72. The van der Waals surface area contributed by atoms with Crippen LogP contribution in [0.2, 0.25) is 0 Å². The third-order valence-corrected chi connectivity index (χ3v) is 11.6. The van der Waals surface area contributed by atoms with Gasteiger partial charge in [-0.15, -0.1) is 0 Å². The standard InChI is InChI=1S/C57H88O3/c1-44(2)22-13-23-45(3)24-14-25-46(4)26-15-27-47(5)28-16-29-48(6)30-17-31-49(7)32-18-33-50(8)34-19-35-51(9)36-20-37-52(10)38-21-39-53(11)40-41-54-42-55(58)43-56(60-12)57(54)59/h24,26,28,30,32,34,36,38,40,42-44H,13-23,25,27,29,31,33,35,37,39,41H2,1-12H3/b45-24+,46-26+,47-28+,48-30+,49-32+,50-34+,51-36+,52-38+,53-40+. The van der Waals surface area contributed by atoms with Gasteiger partial charge in [0.05, 0.1) is 7.11 Å². The summed E-state index contributed by atoms with van der Waals surface area (Å²) in [5, 5.41) is 0. The molecule has 1 rings (SSSR count). The number of hydrogen-bond donors (Lipinski definition) is 0. The lowest BCUT2D eigenvalue weighted by Gasteiger charge is -2.11. The Morgan fingerprint density at radius 3 is 1.02 bits per heavy atom. The van der Waals surface area contributed by atoms with Gasteiger partial charge in [-0.25, -0.2) is 0 Å². The molecule has 0 heterocycles. The van der Waals surface area contributed by atoms with Gasteiger partial charge in [-0.05, 0) is 196 Å². The normalized spacial score (nSPS) is 16.0. The molecule has 0 unspecified atom stereocenters. The summed E-state index contributed by atoms with van der Waals surface area (Å²) in [5.74, 6) is 0.560. The van der Waals surface area contributed by atoms with Crippen molar-refractivity contribution in [2.45, 2.75) is 205 Å². The highest BCUT2D eigenvalue weighted by Gasteiger charge is 2.21. The third kappa shape index (κ3) is 28.7. The average molecular weight is 821 g/mol. The van der Waals surface area contributed by atoms with E-state index in [0.717, 1.165) is 83.0 Å². The second-order valence-electron chi connectivity index (χ2n) is 18.4. The molecule has 334 valence electrons. The number of methoxy groups -OCH3 is 1. The minimum absolute atomic E-state index is 0.128. The second kappa shape index (κ2) is 33.0. The summed E-state index contributed by atoms with van der Waals surface area (Å²) in [5.41, 5.74) is 13.8. The maximum atomic E-state index is 12.4. The molecule has 0 radical (unpaired) electrons. The summed E-state index contributed by atoms with van der Waals surface area (Å²) < 4.78 is 5.05. The van der Waals surface area contributed by atoms with Crippen LogP contribution in [0, 0.1) is 5.92 Å². The number of rotatable bonds is 31. The van der Waals surface area contributed by atoms with Crippen LogP contribution in [0.15, 0.2) is 128 Å². The Morgan fingerprint density at radius 1 is 0.450 bits per heavy atom. The SMILES string of the molecule is COC1=CC(=O)C=C(C/C=C(\C)CC/C=C(\C)CC/C=C(\C)CC/C=C(\C)CC/C=C(\C)CC/C=C(\C)CC/C=C(\C)CC/C=C(\C)CC/C=C(\C)CCCC(C)C)C1=O. The number of ether oxygens (including phenoxy) is 1. The van der Waals surface area contributed by atoms with Crippen LogP contribution in [0.5, 0.6) is 0 Å². The van der Waals surface area contributed by atoms with Crippen LogP contribution in [-0.4, -0.2) is 18.7 Å². The quantitative estimate of drug-likeness (QED) is 0.0517. The molecule has 0 aromatic carbocycles. The molecule has 0 aromatic heterocycles. The zero-order chi connectivity index (χ0) is 44.7. The summed E-state index contributed by atoms with van der Waals surface area (Å²) in [4.78, 5) is 24.2. The summed E-state index contributed by atoms with van der Waals surface area (Å²) >= 11 is 0. The van der Waals surface area contributed by atoms with Gasteiger partial charge in [-0.1, -0.05) is 125 Å². The number of ketones is 2. The van der Waals surface area contributed by atoms with E-state index in [9.17, 15) is 9.59 Å². The van der Waals surface area contributed by atoms with Crippen LogP contribution < -0.4 is 0 Å². The Bertz CT molecular complexity index is 1670. The van der Waals surface area contributed by atoms with E-state index in [2.05, 4.69) is 131 Å². The van der Waals surface area contributed by atoms with E-state index in [0.29, 0.717) is 12.0 Å². The fourth-order valence-corrected chi connectivity index (χ4v) is 7.30. The maximum Gasteiger partial charge on any atom is 0.224 e. The van der Waals surface area contributed by atoms with Crippen LogP contribution in [-0.2, 0) is 14.3 Å². The van der Waals surface area contributed by atoms with E-state index in [1.54, 1.807) is 5.57 Å². The van der Waals surface area contributed by atoms with E-state index < -0.39 is 0 Å². The number of hydrogen-bond acceptors (Lipinski definition) is 3. The summed E-state index contributed by atoms with van der Waals surface area (Å²) in [6.45, 7) is 25.0. The van der Waals surface area contributed by atoms with Crippen molar-refractivity contribution < 1.29 is 14.3 Å². The van der Waals surface area contributed by atoms with Crippen molar-refractivity contribution in [2.75, 3.05) is 7.11 Å². The van der Waals surface area contributed by atoms with Crippen molar-refractivity contribution in [1.82, 2.24) is 0 Å². The van der Waals surface area contributed by atoms with Gasteiger partial charge in [-0.2, -0.15) is 0 Å². The molecule has 1 aliphatic carbocycles. The van der Waals surface area contributed by atoms with Gasteiger partial charge in [0.25, 0.3) is 0 Å². The Kier molecular flexibility index (Phi) is 29.8. The molecule has 3 heteroatoms. The Labute approximate surface area is 370 Å². The molecule has 3 nitrogen and oxygen atoms in total. The lowest BCUT2D eigenvalue weighted by Crippen LogP contribution is -2.15. The molecule has 1 aliphatic rings. The number of carbonyl (C=O) groups excluding carboxylic acids is 2. The second-order valence-corrected chi connectivity index (χ2v) is 18.4. The number of allylic oxidation sites excluding steroid dienone is 21. The summed E-state index contributed by atoms with van der Waals surface area (Å²) in [6.07, 6.45) is 46.5. The lowest BCUT2D eigenvalue weighted by atomic mass is 9.97. The van der Waals surface area contributed by atoms with Crippen LogP contribution in [0.25, 0.3) is 0 Å². The minimum atomic E-state index is -0.194. The lowest BCUT2D eigenvalue weighted by molar-refractivity contribution is -0.117. The smallest absolute Gasteiger partial charge is 0.224 e. The van der Waals surface area contributed by atoms with Gasteiger partial charge in [0.1, 0.15) is 0 Å². The maximum absolute atomic E-state index is 12.4. The number of Topliss-reactive ketones (excluding diaryl/α,β-unsaturated/α-hetero) is 1. The fourth-order valence-electron chi connectivity index (χ4n) is 7.30. The van der Waals surface area contributed by atoms with Gasteiger partial charge in [0.2, 0.25) is 5.78 Å². The average Bonchev–Trinajstić information content (AvgIpc) is 3.17. The molecule has 0 saturated heterocycles. The van der Waals surface area contributed by atoms with Crippen molar-refractivity contribution >= 4 is 11.6 Å². The molecule has 0 bridgehead atoms. The predicted molar refractivity (Wildman–Crippen MR) is 264 cm³/mol. The molecule has 0 spiro atoms. The zero-order valence-electron chi connectivity index (χ0n) is 40.8. The molecule has 0 aliphatic heterocycles. The van der Waals surface area contributed by atoms with Crippen molar-refractivity contribution in [3.05, 3.63) is 128 Å². The monoisotopic (exact) mass is 821 g/mol. The Balaban J connectivity index is 2.25. The van der Waals surface area contributed by atoms with Gasteiger partial charge in [0, 0.05) is 11.6 Å². The van der Waals surface area contributed by atoms with Crippen molar-refractivity contribution in [3.63, 3.8) is 0 Å². The van der Waals surface area contributed by atoms with Gasteiger partial charge < -0.3 is 4.74 Å². The van der Waals surface area contributed by atoms with Gasteiger partial charge in [0.15, 0.2) is 11.5 Å². The van der Waals surface area contributed by atoms with E-state index in [4.69, 9.17) is 4.74 Å². The van der Waals surface area contributed by atoms with Crippen LogP contribution in [0.4, 0.5) is 0 Å². The van der Waals surface area contributed by atoms with E-state index in [1.165, 1.54) is 109 Å². The first-order valence-electron chi connectivity index (χ1n) is 23.5. The largest absolute Gasteiger partial charge is 0.493 e. The van der Waals surface area contributed by atoms with Crippen LogP contribution in [0.3, 0.4) is 0 Å². The first-order valence-corrected chi connectivity index (χ1v) is 23.5. The minimum Gasteiger partial charge on any atom is -0.493 e. The van der Waals surface area contributed by atoms with E-state index in [1.807, 2.05) is 0 Å². The highest BCUT2D eigenvalue weighted by molar-refractivity contribution is 6.19. The van der Waals surface area contributed by atoms with Crippen LogP contribution in [0.1, 0.15) is 205 Å². The number of carbonyl (C=O) groups is 2.